The molecule has 1 amide bonds. The van der Waals surface area contributed by atoms with Gasteiger partial charge in [-0.2, -0.15) is 13.2 Å². The SMILES string of the molecule is O=C(CNc1ccc(F)c(Cl)c1)Nc1ccc(Cl)cc1C(F)(F)F. The van der Waals surface area contributed by atoms with Gasteiger partial charge in [0.2, 0.25) is 5.91 Å². The van der Waals surface area contributed by atoms with E-state index in [-0.39, 0.29) is 16.6 Å². The monoisotopic (exact) mass is 380 g/mol. The van der Waals surface area contributed by atoms with E-state index >= 15 is 0 Å². The molecule has 0 unspecified atom stereocenters. The number of halogens is 6. The fraction of sp³-hybridized carbons (Fsp3) is 0.133. The van der Waals surface area contributed by atoms with E-state index < -0.39 is 29.2 Å². The topological polar surface area (TPSA) is 41.1 Å². The third kappa shape index (κ3) is 4.75. The molecule has 0 bridgehead atoms. The maximum atomic E-state index is 13.0. The molecule has 3 nitrogen and oxygen atoms in total. The molecule has 2 aromatic carbocycles. The van der Waals surface area contributed by atoms with Crippen LogP contribution in [0, 0.1) is 5.82 Å². The summed E-state index contributed by atoms with van der Waals surface area (Å²) in [5, 5.41) is 4.55. The maximum Gasteiger partial charge on any atom is 0.418 e. The average Bonchev–Trinajstić information content (AvgIpc) is 2.49. The summed E-state index contributed by atoms with van der Waals surface area (Å²) in [7, 11) is 0. The van der Waals surface area contributed by atoms with Gasteiger partial charge >= 0.3 is 6.18 Å². The summed E-state index contributed by atoms with van der Waals surface area (Å²) in [5.74, 6) is -1.34. The maximum absolute atomic E-state index is 13.0. The summed E-state index contributed by atoms with van der Waals surface area (Å²) in [6.07, 6.45) is -4.66. The van der Waals surface area contributed by atoms with Crippen molar-refractivity contribution in [3.8, 4) is 0 Å². The molecule has 9 heteroatoms. The van der Waals surface area contributed by atoms with Gasteiger partial charge in [0.15, 0.2) is 0 Å². The number of anilines is 2. The third-order valence-corrected chi connectivity index (χ3v) is 3.46. The zero-order valence-electron chi connectivity index (χ0n) is 11.8. The van der Waals surface area contributed by atoms with Crippen LogP contribution < -0.4 is 10.6 Å². The number of amides is 1. The highest BCUT2D eigenvalue weighted by Crippen LogP contribution is 2.36. The Balaban J connectivity index is 2.06. The molecule has 0 aliphatic carbocycles. The predicted octanol–water partition coefficient (Wildman–Crippen LogP) is 5.20. The Morgan fingerprint density at radius 3 is 2.42 bits per heavy atom. The van der Waals surface area contributed by atoms with Crippen molar-refractivity contribution >= 4 is 40.5 Å². The Bertz CT molecular complexity index is 766. The number of hydrogen-bond donors (Lipinski definition) is 2. The number of nitrogens with one attached hydrogen (secondary N) is 2. The molecule has 2 rings (SSSR count). The Morgan fingerprint density at radius 1 is 1.08 bits per heavy atom. The normalized spacial score (nSPS) is 11.2. The number of alkyl halides is 3. The summed E-state index contributed by atoms with van der Waals surface area (Å²) >= 11 is 11.2. The molecular formula is C15H10Cl2F4N2O. The van der Waals surface area contributed by atoms with E-state index in [0.29, 0.717) is 5.69 Å². The van der Waals surface area contributed by atoms with Crippen LogP contribution in [0.25, 0.3) is 0 Å². The van der Waals surface area contributed by atoms with Crippen molar-refractivity contribution in [1.82, 2.24) is 0 Å². The molecule has 0 spiro atoms. The van der Waals surface area contributed by atoms with E-state index in [4.69, 9.17) is 23.2 Å². The average molecular weight is 381 g/mol. The highest BCUT2D eigenvalue weighted by atomic mass is 35.5. The van der Waals surface area contributed by atoms with Crippen LogP contribution in [-0.2, 0) is 11.0 Å². The smallest absolute Gasteiger partial charge is 0.376 e. The second-order valence-corrected chi connectivity index (χ2v) is 5.56. The van der Waals surface area contributed by atoms with Crippen molar-refractivity contribution in [3.63, 3.8) is 0 Å². The summed E-state index contributed by atoms with van der Waals surface area (Å²) in [5.41, 5.74) is -1.10. The first-order chi connectivity index (χ1) is 11.2. The van der Waals surface area contributed by atoms with Crippen LogP contribution in [0.1, 0.15) is 5.56 Å². The van der Waals surface area contributed by atoms with Gasteiger partial charge in [-0.1, -0.05) is 23.2 Å². The van der Waals surface area contributed by atoms with Crippen LogP contribution >= 0.6 is 23.2 Å². The Morgan fingerprint density at radius 2 is 1.79 bits per heavy atom. The Labute approximate surface area is 144 Å². The fourth-order valence-electron chi connectivity index (χ4n) is 1.84. The zero-order chi connectivity index (χ0) is 17.9. The van der Waals surface area contributed by atoms with Crippen molar-refractivity contribution < 1.29 is 22.4 Å². The largest absolute Gasteiger partial charge is 0.418 e. The van der Waals surface area contributed by atoms with E-state index in [9.17, 15) is 22.4 Å². The molecule has 0 radical (unpaired) electrons. The first kappa shape index (κ1) is 18.4. The van der Waals surface area contributed by atoms with Crippen LogP contribution in [0.5, 0.6) is 0 Å². The highest BCUT2D eigenvalue weighted by molar-refractivity contribution is 6.31. The molecule has 128 valence electrons. The second-order valence-electron chi connectivity index (χ2n) is 4.72. The number of rotatable bonds is 4. The van der Waals surface area contributed by atoms with Gasteiger partial charge in [0.05, 0.1) is 22.8 Å². The Kier molecular flexibility index (Phi) is 5.56. The van der Waals surface area contributed by atoms with Gasteiger partial charge in [-0.05, 0) is 36.4 Å². The van der Waals surface area contributed by atoms with Crippen LogP contribution in [-0.4, -0.2) is 12.5 Å². The minimum absolute atomic E-state index is 0.0978. The number of hydrogen-bond acceptors (Lipinski definition) is 2. The van der Waals surface area contributed by atoms with E-state index in [1.165, 1.54) is 18.2 Å². The summed E-state index contributed by atoms with van der Waals surface area (Å²) < 4.78 is 51.8. The van der Waals surface area contributed by atoms with E-state index in [1.807, 2.05) is 0 Å². The van der Waals surface area contributed by atoms with Crippen molar-refractivity contribution in [2.24, 2.45) is 0 Å². The van der Waals surface area contributed by atoms with E-state index in [1.54, 1.807) is 0 Å². The summed E-state index contributed by atoms with van der Waals surface area (Å²) in [6, 6.07) is 6.73. The zero-order valence-corrected chi connectivity index (χ0v) is 13.4. The third-order valence-electron chi connectivity index (χ3n) is 2.93. The quantitative estimate of drug-likeness (QED) is 0.715. The van der Waals surface area contributed by atoms with Crippen LogP contribution in [0.4, 0.5) is 28.9 Å². The minimum atomic E-state index is -4.66. The lowest BCUT2D eigenvalue weighted by Crippen LogP contribution is -2.23. The second kappa shape index (κ2) is 7.27. The number of carbonyl (C=O) groups is 1. The van der Waals surface area contributed by atoms with Gasteiger partial charge in [-0.15, -0.1) is 0 Å². The molecule has 0 aliphatic rings. The van der Waals surface area contributed by atoms with Crippen LogP contribution in [0.2, 0.25) is 10.0 Å². The van der Waals surface area contributed by atoms with Gasteiger partial charge in [0, 0.05) is 10.7 Å². The van der Waals surface area contributed by atoms with Crippen molar-refractivity contribution in [2.45, 2.75) is 6.18 Å². The lowest BCUT2D eigenvalue weighted by molar-refractivity contribution is -0.137. The van der Waals surface area contributed by atoms with Gasteiger partial charge in [-0.3, -0.25) is 4.79 Å². The number of benzene rings is 2. The standard InChI is InChI=1S/C15H10Cl2F4N2O/c16-8-1-4-13(10(5-8)15(19,20)21)23-14(24)7-22-9-2-3-12(18)11(17)6-9/h1-6,22H,7H2,(H,23,24). The predicted molar refractivity (Wildman–Crippen MR) is 85.0 cm³/mol. The molecule has 0 aromatic heterocycles. The van der Waals surface area contributed by atoms with Crippen molar-refractivity contribution in [2.75, 3.05) is 17.2 Å². The first-order valence-electron chi connectivity index (χ1n) is 6.52. The van der Waals surface area contributed by atoms with Crippen molar-refractivity contribution in [3.05, 3.63) is 57.8 Å². The van der Waals surface area contributed by atoms with Gasteiger partial charge in [-0.25, -0.2) is 4.39 Å². The summed E-state index contributed by atoms with van der Waals surface area (Å²) in [4.78, 5) is 11.8. The summed E-state index contributed by atoms with van der Waals surface area (Å²) in [6.45, 7) is -0.331. The molecule has 0 saturated heterocycles. The van der Waals surface area contributed by atoms with Gasteiger partial charge in [0.25, 0.3) is 0 Å². The molecule has 0 saturated carbocycles. The molecule has 0 heterocycles. The first-order valence-corrected chi connectivity index (χ1v) is 7.28. The van der Waals surface area contributed by atoms with E-state index in [0.717, 1.165) is 18.2 Å². The highest BCUT2D eigenvalue weighted by Gasteiger charge is 2.34. The van der Waals surface area contributed by atoms with E-state index in [2.05, 4.69) is 10.6 Å². The van der Waals surface area contributed by atoms with Crippen LogP contribution in [0.3, 0.4) is 0 Å². The van der Waals surface area contributed by atoms with Crippen molar-refractivity contribution in [1.29, 1.82) is 0 Å². The molecule has 0 atom stereocenters. The molecule has 0 fully saturated rings. The molecule has 0 aliphatic heterocycles. The lowest BCUT2D eigenvalue weighted by Gasteiger charge is -2.14. The Hall–Kier alpha value is -1.99. The number of carbonyl (C=O) groups excluding carboxylic acids is 1. The van der Waals surface area contributed by atoms with Gasteiger partial charge in [0.1, 0.15) is 5.82 Å². The molecule has 2 N–H and O–H groups in total. The fourth-order valence-corrected chi connectivity index (χ4v) is 2.20. The molecule has 24 heavy (non-hydrogen) atoms. The minimum Gasteiger partial charge on any atom is -0.376 e. The molecule has 2 aromatic rings. The van der Waals surface area contributed by atoms with Gasteiger partial charge < -0.3 is 10.6 Å². The lowest BCUT2D eigenvalue weighted by atomic mass is 10.1. The molecular weight excluding hydrogens is 371 g/mol. The van der Waals surface area contributed by atoms with Crippen LogP contribution in [0.15, 0.2) is 36.4 Å².